The molecule has 0 bridgehead atoms. The lowest BCUT2D eigenvalue weighted by atomic mass is 9.93. The minimum Gasteiger partial charge on any atom is -0.506 e. The van der Waals surface area contributed by atoms with E-state index < -0.39 is 322 Å². The molecule has 3 fully saturated rings. The summed E-state index contributed by atoms with van der Waals surface area (Å²) in [7, 11) is 0. The van der Waals surface area contributed by atoms with Crippen LogP contribution in [0.3, 0.4) is 0 Å². The van der Waals surface area contributed by atoms with Crippen LogP contribution >= 0.6 is 11.6 Å². The van der Waals surface area contributed by atoms with Crippen molar-refractivity contribution < 1.29 is 186 Å². The number of aliphatic imine (C=N–C) groups is 1. The summed E-state index contributed by atoms with van der Waals surface area (Å²) in [4.78, 5) is 192. The number of Topliss-reactive ketones (excluding diaryl/α,β-unsaturated/α-hetero) is 3. The van der Waals surface area contributed by atoms with Crippen LogP contribution in [-0.2, 0) is 52.4 Å². The average molecular weight is 2050 g/mol. The maximum absolute atomic E-state index is 14.4. The molecule has 3 N–H and O–H groups in total. The number of rotatable bonds is 29. The molecule has 39 nitrogen and oxygen atoms in total. The monoisotopic (exact) mass is 2050 g/mol. The maximum atomic E-state index is 14.4. The van der Waals surface area contributed by atoms with Crippen LogP contribution in [0.2, 0.25) is 0 Å². The number of aliphatic hydroxyl groups excluding tert-OH is 1. The summed E-state index contributed by atoms with van der Waals surface area (Å²) in [6, 6.07) is 0.346. The Labute approximate surface area is 783 Å². The van der Waals surface area contributed by atoms with Crippen LogP contribution in [0.4, 0.5) is 109 Å². The molecule has 10 rings (SSSR count). The minimum atomic E-state index is -2.42. The van der Waals surface area contributed by atoms with Gasteiger partial charge in [-0.25, -0.2) is 62.7 Å². The highest BCUT2D eigenvalue weighted by molar-refractivity contribution is 6.68. The van der Waals surface area contributed by atoms with E-state index in [-0.39, 0.29) is 62.8 Å². The summed E-state index contributed by atoms with van der Waals surface area (Å²) in [5.74, 6) is -45.4. The van der Waals surface area contributed by atoms with E-state index in [4.69, 9.17) is 26.8 Å². The third-order valence-corrected chi connectivity index (χ3v) is 19.3. The zero-order chi connectivity index (χ0) is 108. The van der Waals surface area contributed by atoms with Crippen molar-refractivity contribution in [3.05, 3.63) is 260 Å². The normalized spacial score (nSPS) is 12.5. The number of allylic oxidation sites excluding steroid dienone is 1. The van der Waals surface area contributed by atoms with Crippen molar-refractivity contribution in [3.8, 4) is 0 Å². The predicted molar refractivity (Wildman–Crippen MR) is 449 cm³/mol. The van der Waals surface area contributed by atoms with Gasteiger partial charge in [0.05, 0.1) is 80.7 Å². The highest BCUT2D eigenvalue weighted by Crippen LogP contribution is 2.43. The molecule has 1 aromatic heterocycles. The fourth-order valence-electron chi connectivity index (χ4n) is 11.7. The lowest BCUT2D eigenvalue weighted by Gasteiger charge is -2.15. The van der Waals surface area contributed by atoms with Crippen molar-refractivity contribution in [1.29, 1.82) is 0 Å². The topological polar surface area (TPSA) is 566 Å². The van der Waals surface area contributed by atoms with Crippen molar-refractivity contribution in [2.75, 3.05) is 39.6 Å². The van der Waals surface area contributed by atoms with Crippen LogP contribution < -0.4 is 11.2 Å². The SMILES string of the molecule is CC=C(C(=O)OCC)C(=O)c1c(F)c(C)c(F)c(F)c1[N+](=O)[O-].CCOC(=O)C(C(=O)OCC)C(=O)c1c(F)c(C)c(F)c(F)c1[N+](=O)[O-].CCOC(=O)C(C=NC1CC1)=C(O)c1c(F)c(C)c(F)c(F)c1[N+](=O)[O-].CCOC(=O)CC(=O)c1c(F)c(C)c(F)c(F)c1[N+](=O)[O-].CCOC(=O)c1cn(C2CC2)c2c(C)c(F)c(F)c([N+](=O)[O-])c2c1=O.Cc1c(F)c(F)c([N+](=O)[O-])c(C(=O)Cl)c1F.NC1CC1. The molecule has 141 heavy (non-hydrogen) atoms. The fraction of sp³-hybridized carbons (Fsp3) is 0.357. The number of ether oxygens (including phenoxy) is 6. The number of esters is 6. The van der Waals surface area contributed by atoms with E-state index in [1.54, 1.807) is 6.92 Å². The number of hydrogen-bond acceptors (Lipinski definition) is 32. The number of pyridine rings is 1. The Balaban J connectivity index is 0.000000352. The summed E-state index contributed by atoms with van der Waals surface area (Å²) >= 11 is 4.88. The lowest BCUT2D eigenvalue weighted by Crippen LogP contribution is -2.36. The highest BCUT2D eigenvalue weighted by Gasteiger charge is 2.47. The van der Waals surface area contributed by atoms with Crippen molar-refractivity contribution in [3.63, 3.8) is 0 Å². The molecule has 3 aliphatic rings. The first kappa shape index (κ1) is 118. The van der Waals surface area contributed by atoms with Gasteiger partial charge in [-0.2, -0.15) is 26.3 Å². The number of fused-ring (bicyclic) bond motifs is 1. The number of aliphatic hydroxyl groups is 1. The maximum Gasteiger partial charge on any atom is 0.343 e. The number of benzene rings is 6. The van der Waals surface area contributed by atoms with Gasteiger partial charge in [0.2, 0.25) is 52.0 Å². The van der Waals surface area contributed by atoms with E-state index in [1.807, 2.05) is 0 Å². The molecule has 1 heterocycles. The molecule has 0 unspecified atom stereocenters. The molecule has 3 saturated carbocycles. The second-order valence-electron chi connectivity index (χ2n) is 28.6. The van der Waals surface area contributed by atoms with Crippen molar-refractivity contribution in [2.24, 2.45) is 16.6 Å². The zero-order valence-corrected chi connectivity index (χ0v) is 75.7. The van der Waals surface area contributed by atoms with E-state index in [1.165, 1.54) is 72.1 Å². The van der Waals surface area contributed by atoms with Gasteiger partial charge >= 0.3 is 69.9 Å². The molecule has 6 aromatic carbocycles. The smallest absolute Gasteiger partial charge is 0.343 e. The second kappa shape index (κ2) is 50.7. The van der Waals surface area contributed by atoms with Crippen molar-refractivity contribution in [1.82, 2.24) is 4.57 Å². The van der Waals surface area contributed by atoms with Crippen molar-refractivity contribution in [2.45, 2.75) is 153 Å². The number of aryl methyl sites for hydroxylation is 1. The molecule has 0 saturated heterocycles. The Kier molecular flexibility index (Phi) is 42.3. The molecule has 0 spiro atoms. The van der Waals surface area contributed by atoms with Gasteiger partial charge in [0.15, 0.2) is 52.0 Å². The van der Waals surface area contributed by atoms with Gasteiger partial charge < -0.3 is 43.8 Å². The number of hydrogen-bond donors (Lipinski definition) is 2. The predicted octanol–water partition coefficient (Wildman–Crippen LogP) is 16.9. The summed E-state index contributed by atoms with van der Waals surface area (Å²) in [5.41, 5.74) is -18.7. The zero-order valence-electron chi connectivity index (χ0n) is 75.0. The molecule has 762 valence electrons. The first-order valence-corrected chi connectivity index (χ1v) is 40.5. The number of ketones is 3. The van der Waals surface area contributed by atoms with Gasteiger partial charge in [-0.3, -0.25) is 104 Å². The number of carbonyl (C=O) groups excluding carboxylic acids is 10. The van der Waals surface area contributed by atoms with E-state index >= 15 is 0 Å². The Bertz CT molecular complexity index is 6420. The number of nitro groups is 6. The average Bonchev–Trinajstić information content (AvgIpc) is 1.71. The summed E-state index contributed by atoms with van der Waals surface area (Å²) in [5, 5.41) is 73.6. The second-order valence-corrected chi connectivity index (χ2v) is 29.0. The molecular weight excluding hydrogens is 1970 g/mol. The Morgan fingerprint density at radius 2 is 0.773 bits per heavy atom. The Morgan fingerprint density at radius 3 is 1.13 bits per heavy atom. The van der Waals surface area contributed by atoms with Crippen LogP contribution in [0.1, 0.15) is 190 Å². The van der Waals surface area contributed by atoms with Gasteiger partial charge in [-0.05, 0) is 140 Å². The molecule has 3 aliphatic carbocycles. The third kappa shape index (κ3) is 27.1. The summed E-state index contributed by atoms with van der Waals surface area (Å²) < 4.78 is 263. The molecule has 0 aliphatic heterocycles. The number of halogens is 18. The quantitative estimate of drug-likeness (QED) is 0.00351. The van der Waals surface area contributed by atoms with E-state index in [0.717, 1.165) is 59.8 Å². The first-order chi connectivity index (χ1) is 65.7. The van der Waals surface area contributed by atoms with Gasteiger partial charge in [0, 0.05) is 57.9 Å². The van der Waals surface area contributed by atoms with Gasteiger partial charge in [-0.15, -0.1) is 0 Å². The van der Waals surface area contributed by atoms with Gasteiger partial charge in [0.1, 0.15) is 85.6 Å². The van der Waals surface area contributed by atoms with Crippen LogP contribution in [0, 0.1) is 207 Å². The van der Waals surface area contributed by atoms with Crippen LogP contribution in [0.15, 0.2) is 33.2 Å². The highest BCUT2D eigenvalue weighted by atomic mass is 35.5. The molecule has 0 radical (unpaired) electrons. The van der Waals surface area contributed by atoms with Gasteiger partial charge in [-0.1, -0.05) is 6.08 Å². The molecule has 57 heteroatoms. The molecule has 0 amide bonds. The largest absolute Gasteiger partial charge is 0.506 e. The first-order valence-electron chi connectivity index (χ1n) is 40.2. The van der Waals surface area contributed by atoms with Crippen molar-refractivity contribution >= 4 is 127 Å². The van der Waals surface area contributed by atoms with E-state index in [0.29, 0.717) is 18.9 Å². The summed E-state index contributed by atoms with van der Waals surface area (Å²) in [6.07, 6.45) is 7.45. The lowest BCUT2D eigenvalue weighted by molar-refractivity contribution is -0.388. The van der Waals surface area contributed by atoms with Crippen LogP contribution in [-0.4, -0.2) is 156 Å². The van der Waals surface area contributed by atoms with E-state index in [9.17, 15) is 193 Å². The number of carbonyl (C=O) groups is 10. The molecular formula is C84H75ClF17N9O30. The van der Waals surface area contributed by atoms with E-state index in [2.05, 4.69) is 23.9 Å². The number of aromatic nitrogens is 1. The summed E-state index contributed by atoms with van der Waals surface area (Å²) in [6.45, 7) is 14.3. The fourth-order valence-corrected chi connectivity index (χ4v) is 11.9. The third-order valence-electron chi connectivity index (χ3n) is 19.1. The van der Waals surface area contributed by atoms with Crippen LogP contribution in [0.5, 0.6) is 0 Å². The number of nitro benzene ring substituents is 6. The van der Waals surface area contributed by atoms with Gasteiger partial charge in [0.25, 0.3) is 5.24 Å². The molecule has 7 aromatic rings. The standard InChI is InChI=1S/C16H15F3N2O5.C16H14F2N2O5.C15H14F3NO7.C14H12F3NO5.C12H10F3NO5.C8H3ClF3NO3.C3H7N/c1-3-26-16(23)9(6-20-8-4-5-8)15(22)10-11(17)7(2)12(18)13(19)14(10)21(24)25;1-3-25-16(22)9-6-19(8-4-5-8)13-7(2)11(17)12(18)14(20(23)24)10(13)15(9)21;1-4-25-14(21)8(15(22)26-5-2)13(20)7-9(16)6(3)10(17)11(18)12(7)19(23)24;1-4-7(14(20)23-5-2)13(19)8-9(15)6(3)10(16)11(17)12(8)18(21)22;1-3-21-7(18)4-6(17)8-9(13)5(2)10(14)11(15)12(8)16(19)20;1-2-4(10)3(8(9)14)7(13(15)16)6(12)5(2)11;4-3-1-2-3/h6,8,22H,3-5H2,1-2H3;6,8H,3-5H2,1-2H3;8H,4-5H2,1-3H3;4H,5H2,1-3H3;3-4H2,1-2H3;1H3;3H,1-2,4H2. The number of nitrogens with zero attached hydrogens (tertiary/aromatic N) is 8. The Morgan fingerprint density at radius 1 is 0.447 bits per heavy atom. The molecule has 0 atom stereocenters. The minimum absolute atomic E-state index is 0.00135. The number of nitrogens with two attached hydrogens (primary N) is 1. The Hall–Kier alpha value is -15.6. The van der Waals surface area contributed by atoms with Crippen LogP contribution in [0.25, 0.3) is 16.7 Å².